The van der Waals surface area contributed by atoms with E-state index >= 15 is 0 Å². The van der Waals surface area contributed by atoms with Crippen molar-refractivity contribution in [1.82, 2.24) is 20.2 Å². The van der Waals surface area contributed by atoms with Crippen molar-refractivity contribution >= 4 is 17.8 Å². The smallest absolute Gasteiger partial charge is 0.225 e. The number of likely N-dealkylation sites (tertiary alicyclic amines) is 1. The van der Waals surface area contributed by atoms with Gasteiger partial charge in [0, 0.05) is 57.4 Å². The van der Waals surface area contributed by atoms with E-state index in [-0.39, 0.29) is 35.8 Å². The average Bonchev–Trinajstić information content (AvgIpc) is 3.48. The van der Waals surface area contributed by atoms with E-state index in [2.05, 4.69) is 15.2 Å². The Bertz CT molecular complexity index is 790. The Morgan fingerprint density at radius 2 is 2.00 bits per heavy atom. The minimum Gasteiger partial charge on any atom is -0.378 e. The van der Waals surface area contributed by atoms with Crippen LogP contribution in [0.1, 0.15) is 70.4 Å². The Balaban J connectivity index is 1.48. The van der Waals surface area contributed by atoms with Gasteiger partial charge in [-0.05, 0) is 58.4 Å². The number of carbonyl (C=O) groups is 2. The highest BCUT2D eigenvalue weighted by Gasteiger charge is 2.41. The molecule has 3 aliphatic rings. The maximum Gasteiger partial charge on any atom is 0.225 e. The average molecular weight is 444 g/mol. The van der Waals surface area contributed by atoms with Crippen LogP contribution in [0.25, 0.3) is 0 Å². The zero-order valence-corrected chi connectivity index (χ0v) is 19.5. The molecule has 0 unspecified atom stereocenters. The number of piperidine rings is 1. The van der Waals surface area contributed by atoms with E-state index in [1.807, 2.05) is 24.8 Å². The number of ether oxygens (including phenoxy) is 1. The third-order valence-electron chi connectivity index (χ3n) is 6.83. The molecule has 1 aromatic rings. The molecule has 3 atom stereocenters. The summed E-state index contributed by atoms with van der Waals surface area (Å²) >= 11 is 0. The molecule has 0 aromatic carbocycles. The molecule has 4 heterocycles. The molecule has 1 aromatic heterocycles. The van der Waals surface area contributed by atoms with E-state index < -0.39 is 0 Å². The van der Waals surface area contributed by atoms with Crippen LogP contribution in [0.5, 0.6) is 0 Å². The summed E-state index contributed by atoms with van der Waals surface area (Å²) in [6.45, 7) is 7.64. The van der Waals surface area contributed by atoms with Gasteiger partial charge in [-0.3, -0.25) is 9.59 Å². The molecule has 0 bridgehead atoms. The summed E-state index contributed by atoms with van der Waals surface area (Å²) in [7, 11) is 0. The number of hydrogen-bond donors (Lipinski definition) is 1. The summed E-state index contributed by atoms with van der Waals surface area (Å²) in [5.41, 5.74) is 0.860. The number of nitrogens with zero attached hydrogens (tertiary/aromatic N) is 4. The van der Waals surface area contributed by atoms with Crippen molar-refractivity contribution in [2.45, 2.75) is 76.9 Å². The lowest BCUT2D eigenvalue weighted by Crippen LogP contribution is -2.39. The minimum absolute atomic E-state index is 0.00226. The highest BCUT2D eigenvalue weighted by Crippen LogP contribution is 2.33. The van der Waals surface area contributed by atoms with E-state index in [1.54, 1.807) is 6.20 Å². The standard InChI is InChI=1S/C24H37N5O3/c1-17(2)26-23(31)20-16-29(22(30)9-8-18-7-6-14-32-18)15-19(20)21-10-11-25-24(27-21)28-12-4-3-5-13-28/h10-11,17-20H,3-9,12-16H2,1-2H3,(H,26,31)/t18-,19+,20+/m1/s1. The molecule has 0 spiro atoms. The predicted octanol–water partition coefficient (Wildman–Crippen LogP) is 2.49. The van der Waals surface area contributed by atoms with Crippen LogP contribution >= 0.6 is 0 Å². The Morgan fingerprint density at radius 1 is 1.19 bits per heavy atom. The zero-order chi connectivity index (χ0) is 22.5. The van der Waals surface area contributed by atoms with Gasteiger partial charge in [0.2, 0.25) is 17.8 Å². The molecule has 0 saturated carbocycles. The van der Waals surface area contributed by atoms with Crippen LogP contribution in [-0.4, -0.2) is 71.6 Å². The van der Waals surface area contributed by atoms with Crippen molar-refractivity contribution in [3.63, 3.8) is 0 Å². The van der Waals surface area contributed by atoms with Gasteiger partial charge in [-0.25, -0.2) is 9.97 Å². The van der Waals surface area contributed by atoms with Crippen molar-refractivity contribution in [2.24, 2.45) is 5.92 Å². The molecule has 3 aliphatic heterocycles. The van der Waals surface area contributed by atoms with Gasteiger partial charge in [0.1, 0.15) is 0 Å². The first-order valence-electron chi connectivity index (χ1n) is 12.3. The van der Waals surface area contributed by atoms with Crippen molar-refractivity contribution in [1.29, 1.82) is 0 Å². The molecule has 8 nitrogen and oxygen atoms in total. The highest BCUT2D eigenvalue weighted by atomic mass is 16.5. The fourth-order valence-corrected chi connectivity index (χ4v) is 5.09. The van der Waals surface area contributed by atoms with Crippen LogP contribution in [0.4, 0.5) is 5.95 Å². The maximum atomic E-state index is 13.0. The fourth-order valence-electron chi connectivity index (χ4n) is 5.09. The third kappa shape index (κ3) is 5.57. The largest absolute Gasteiger partial charge is 0.378 e. The van der Waals surface area contributed by atoms with Crippen LogP contribution in [-0.2, 0) is 14.3 Å². The van der Waals surface area contributed by atoms with Crippen LogP contribution in [0.15, 0.2) is 12.3 Å². The van der Waals surface area contributed by atoms with Gasteiger partial charge in [0.25, 0.3) is 0 Å². The van der Waals surface area contributed by atoms with Gasteiger partial charge in [-0.1, -0.05) is 0 Å². The monoisotopic (exact) mass is 443 g/mol. The van der Waals surface area contributed by atoms with E-state index in [9.17, 15) is 9.59 Å². The van der Waals surface area contributed by atoms with Crippen LogP contribution < -0.4 is 10.2 Å². The van der Waals surface area contributed by atoms with Gasteiger partial charge < -0.3 is 19.9 Å². The zero-order valence-electron chi connectivity index (χ0n) is 19.5. The van der Waals surface area contributed by atoms with Gasteiger partial charge >= 0.3 is 0 Å². The lowest BCUT2D eigenvalue weighted by atomic mass is 9.91. The molecule has 4 rings (SSSR count). The lowest BCUT2D eigenvalue weighted by Gasteiger charge is -2.27. The van der Waals surface area contributed by atoms with Crippen LogP contribution in [0.3, 0.4) is 0 Å². The van der Waals surface area contributed by atoms with E-state index in [1.165, 1.54) is 6.42 Å². The summed E-state index contributed by atoms with van der Waals surface area (Å²) in [6.07, 6.45) is 8.91. The number of hydrogen-bond acceptors (Lipinski definition) is 6. The molecule has 8 heteroatoms. The molecule has 0 radical (unpaired) electrons. The summed E-state index contributed by atoms with van der Waals surface area (Å²) in [5.74, 6) is 0.432. The predicted molar refractivity (Wildman–Crippen MR) is 122 cm³/mol. The first-order valence-corrected chi connectivity index (χ1v) is 12.3. The molecular weight excluding hydrogens is 406 g/mol. The number of rotatable bonds is 7. The second-order valence-electron chi connectivity index (χ2n) is 9.68. The molecule has 32 heavy (non-hydrogen) atoms. The molecule has 2 amide bonds. The fraction of sp³-hybridized carbons (Fsp3) is 0.750. The first kappa shape index (κ1) is 23.0. The van der Waals surface area contributed by atoms with Gasteiger partial charge in [0.05, 0.1) is 17.7 Å². The third-order valence-corrected chi connectivity index (χ3v) is 6.83. The number of anilines is 1. The Kier molecular flexibility index (Phi) is 7.60. The van der Waals surface area contributed by atoms with Gasteiger partial charge in [-0.2, -0.15) is 0 Å². The number of carbonyl (C=O) groups excluding carboxylic acids is 2. The van der Waals surface area contributed by atoms with E-state index in [0.717, 1.165) is 63.4 Å². The topological polar surface area (TPSA) is 87.7 Å². The number of amides is 2. The molecule has 3 fully saturated rings. The van der Waals surface area contributed by atoms with Crippen LogP contribution in [0, 0.1) is 5.92 Å². The lowest BCUT2D eigenvalue weighted by molar-refractivity contribution is -0.131. The molecule has 1 N–H and O–H groups in total. The summed E-state index contributed by atoms with van der Waals surface area (Å²) in [6, 6.07) is 1.97. The second-order valence-corrected chi connectivity index (χ2v) is 9.68. The quantitative estimate of drug-likeness (QED) is 0.697. The highest BCUT2D eigenvalue weighted by molar-refractivity contribution is 5.83. The summed E-state index contributed by atoms with van der Waals surface area (Å²) in [4.78, 5) is 39.5. The molecular formula is C24H37N5O3. The number of aromatic nitrogens is 2. The SMILES string of the molecule is CC(C)NC(=O)[C@H]1CN(C(=O)CC[C@H]2CCCO2)C[C@@H]1c1ccnc(N2CCCCC2)n1. The molecule has 3 saturated heterocycles. The van der Waals surface area contributed by atoms with Crippen molar-refractivity contribution in [2.75, 3.05) is 37.7 Å². The molecule has 0 aliphatic carbocycles. The number of nitrogens with one attached hydrogen (secondary N) is 1. The van der Waals surface area contributed by atoms with Gasteiger partial charge in [0.15, 0.2) is 0 Å². The normalized spacial score (nSPS) is 26.0. The molecule has 176 valence electrons. The van der Waals surface area contributed by atoms with E-state index in [4.69, 9.17) is 9.72 Å². The Morgan fingerprint density at radius 3 is 2.72 bits per heavy atom. The van der Waals surface area contributed by atoms with Crippen LogP contribution in [0.2, 0.25) is 0 Å². The Hall–Kier alpha value is -2.22. The van der Waals surface area contributed by atoms with Gasteiger partial charge in [-0.15, -0.1) is 0 Å². The van der Waals surface area contributed by atoms with Crippen molar-refractivity contribution in [3.8, 4) is 0 Å². The van der Waals surface area contributed by atoms with Crippen molar-refractivity contribution < 1.29 is 14.3 Å². The van der Waals surface area contributed by atoms with E-state index in [0.29, 0.717) is 19.5 Å². The summed E-state index contributed by atoms with van der Waals surface area (Å²) in [5, 5.41) is 3.05. The van der Waals surface area contributed by atoms with Crippen molar-refractivity contribution in [3.05, 3.63) is 18.0 Å². The second kappa shape index (κ2) is 10.6. The minimum atomic E-state index is -0.298. The summed E-state index contributed by atoms with van der Waals surface area (Å²) < 4.78 is 5.67. The Labute approximate surface area is 191 Å². The maximum absolute atomic E-state index is 13.0. The first-order chi connectivity index (χ1) is 15.5.